The normalized spacial score (nSPS) is 11.8. The molecule has 138 valence electrons. The average molecular weight is 365 g/mol. The minimum atomic E-state index is -3.96. The molecule has 0 radical (unpaired) electrons. The molecular weight excluding hydrogens is 338 g/mol. The summed E-state index contributed by atoms with van der Waals surface area (Å²) in [7, 11) is -3.96. The topological polar surface area (TPSA) is 99.1 Å². The monoisotopic (exact) mass is 365 g/mol. The van der Waals surface area contributed by atoms with Gasteiger partial charge in [0.25, 0.3) is 10.0 Å². The Morgan fingerprint density at radius 2 is 1.52 bits per heavy atom. The number of hydrazine groups is 1. The highest BCUT2D eigenvalue weighted by Gasteiger charge is 2.27. The van der Waals surface area contributed by atoms with Gasteiger partial charge in [0, 0.05) is 0 Å². The second kappa shape index (κ2) is 8.45. The van der Waals surface area contributed by atoms with Crippen LogP contribution in [0, 0.1) is 11.3 Å². The van der Waals surface area contributed by atoms with Crippen LogP contribution in [0.1, 0.15) is 82.4 Å². The number of hydrogen-bond acceptors (Lipinski definition) is 4. The van der Waals surface area contributed by atoms with E-state index in [1.807, 2.05) is 39.8 Å². The fraction of sp³-hybridized carbons (Fsp3) is 0.556. The van der Waals surface area contributed by atoms with E-state index in [0.29, 0.717) is 0 Å². The summed E-state index contributed by atoms with van der Waals surface area (Å²) in [5.41, 5.74) is 4.61. The van der Waals surface area contributed by atoms with Gasteiger partial charge in [0.2, 0.25) is 5.91 Å². The minimum absolute atomic E-state index is 0.00224. The Balaban J connectivity index is 3.50. The van der Waals surface area contributed by atoms with E-state index >= 15 is 0 Å². The third-order valence-electron chi connectivity index (χ3n) is 3.91. The summed E-state index contributed by atoms with van der Waals surface area (Å²) in [5, 5.41) is 8.51. The molecule has 0 fully saturated rings. The van der Waals surface area contributed by atoms with Gasteiger partial charge < -0.3 is 0 Å². The number of nitrogens with zero attached hydrogens (tertiary/aromatic N) is 1. The van der Waals surface area contributed by atoms with E-state index in [-0.39, 0.29) is 22.6 Å². The molecule has 7 heteroatoms. The lowest BCUT2D eigenvalue weighted by Gasteiger charge is -2.22. The van der Waals surface area contributed by atoms with Crippen molar-refractivity contribution in [3.05, 3.63) is 28.8 Å². The zero-order chi connectivity index (χ0) is 19.4. The summed E-state index contributed by atoms with van der Waals surface area (Å²) >= 11 is 0. The molecule has 0 atom stereocenters. The van der Waals surface area contributed by atoms with Crippen LogP contribution in [0.15, 0.2) is 17.0 Å². The van der Waals surface area contributed by atoms with E-state index in [9.17, 15) is 13.2 Å². The molecule has 2 N–H and O–H groups in total. The van der Waals surface area contributed by atoms with E-state index in [2.05, 4.69) is 24.1 Å². The summed E-state index contributed by atoms with van der Waals surface area (Å²) in [6.07, 6.45) is -0.414. The quantitative estimate of drug-likeness (QED) is 0.724. The van der Waals surface area contributed by atoms with Gasteiger partial charge in [0.15, 0.2) is 0 Å². The largest absolute Gasteiger partial charge is 0.277 e. The van der Waals surface area contributed by atoms with Crippen molar-refractivity contribution in [2.75, 3.05) is 0 Å². The molecule has 0 aromatic heterocycles. The lowest BCUT2D eigenvalue weighted by atomic mass is 9.89. The fourth-order valence-corrected chi connectivity index (χ4v) is 4.05. The molecule has 0 saturated heterocycles. The molecule has 1 amide bonds. The van der Waals surface area contributed by atoms with E-state index < -0.39 is 22.4 Å². The van der Waals surface area contributed by atoms with Gasteiger partial charge in [-0.3, -0.25) is 10.2 Å². The van der Waals surface area contributed by atoms with Gasteiger partial charge in [-0.1, -0.05) is 53.7 Å². The Morgan fingerprint density at radius 3 is 1.88 bits per heavy atom. The molecular formula is C18H27N3O3S. The average Bonchev–Trinajstić information content (AvgIpc) is 2.51. The van der Waals surface area contributed by atoms with Crippen molar-refractivity contribution < 1.29 is 13.2 Å². The van der Waals surface area contributed by atoms with E-state index in [1.165, 1.54) is 0 Å². The van der Waals surface area contributed by atoms with Crippen molar-refractivity contribution in [1.82, 2.24) is 10.3 Å². The first-order valence-corrected chi connectivity index (χ1v) is 9.84. The number of rotatable bonds is 7. The van der Waals surface area contributed by atoms with Crippen LogP contribution >= 0.6 is 0 Å². The second-order valence-corrected chi connectivity index (χ2v) is 8.60. The molecule has 0 aliphatic heterocycles. The molecule has 0 aliphatic rings. The van der Waals surface area contributed by atoms with Gasteiger partial charge in [-0.05, 0) is 34.4 Å². The molecule has 0 heterocycles. The van der Waals surface area contributed by atoms with Gasteiger partial charge in [-0.25, -0.2) is 8.42 Å². The Bertz CT molecular complexity index is 746. The number of carbonyl (C=O) groups excluding carboxylic acids is 1. The molecule has 6 nitrogen and oxygen atoms in total. The van der Waals surface area contributed by atoms with Crippen LogP contribution < -0.4 is 10.3 Å². The van der Waals surface area contributed by atoms with Gasteiger partial charge >= 0.3 is 0 Å². The maximum absolute atomic E-state index is 12.9. The maximum atomic E-state index is 12.9. The highest BCUT2D eigenvalue weighted by atomic mass is 32.2. The summed E-state index contributed by atoms with van der Waals surface area (Å²) < 4.78 is 25.7. The Labute approximate surface area is 150 Å². The predicted molar refractivity (Wildman–Crippen MR) is 97.4 cm³/mol. The lowest BCUT2D eigenvalue weighted by Crippen LogP contribution is -2.42. The van der Waals surface area contributed by atoms with Crippen molar-refractivity contribution in [2.45, 2.75) is 70.6 Å². The lowest BCUT2D eigenvalue weighted by molar-refractivity contribution is -0.120. The molecule has 1 rings (SSSR count). The number of sulfonamides is 1. The molecule has 0 spiro atoms. The zero-order valence-corrected chi connectivity index (χ0v) is 16.5. The van der Waals surface area contributed by atoms with Crippen LogP contribution in [0.4, 0.5) is 0 Å². The van der Waals surface area contributed by atoms with Crippen molar-refractivity contribution in [3.8, 4) is 6.07 Å². The Kier molecular flexibility index (Phi) is 7.15. The first-order valence-electron chi connectivity index (χ1n) is 8.36. The number of carbonyl (C=O) groups is 1. The number of nitrogens with one attached hydrogen (secondary N) is 2. The molecule has 0 unspecified atom stereocenters. The number of amides is 1. The van der Waals surface area contributed by atoms with Crippen LogP contribution in [0.25, 0.3) is 0 Å². The van der Waals surface area contributed by atoms with E-state index in [0.717, 1.165) is 16.7 Å². The SMILES string of the molecule is CC(C)c1cc(C(C)C)c(S(=O)(=O)NNC(=O)CC#N)c(C(C)C)c1. The van der Waals surface area contributed by atoms with Gasteiger partial charge in [-0.2, -0.15) is 5.26 Å². The van der Waals surface area contributed by atoms with Crippen LogP contribution in [0.5, 0.6) is 0 Å². The molecule has 0 aliphatic carbocycles. The molecule has 0 bridgehead atoms. The number of hydrogen-bond donors (Lipinski definition) is 2. The van der Waals surface area contributed by atoms with Crippen LogP contribution in [0.2, 0.25) is 0 Å². The zero-order valence-electron chi connectivity index (χ0n) is 15.7. The number of nitriles is 1. The van der Waals surface area contributed by atoms with Crippen molar-refractivity contribution in [1.29, 1.82) is 5.26 Å². The summed E-state index contributed by atoms with van der Waals surface area (Å²) in [5.74, 6) is -0.424. The summed E-state index contributed by atoms with van der Waals surface area (Å²) in [6, 6.07) is 5.52. The highest BCUT2D eigenvalue weighted by Crippen LogP contribution is 2.34. The van der Waals surface area contributed by atoms with E-state index in [4.69, 9.17) is 5.26 Å². The van der Waals surface area contributed by atoms with Gasteiger partial charge in [0.05, 0.1) is 11.0 Å². The molecule has 25 heavy (non-hydrogen) atoms. The van der Waals surface area contributed by atoms with Crippen LogP contribution in [-0.4, -0.2) is 14.3 Å². The van der Waals surface area contributed by atoms with Gasteiger partial charge in [-0.15, -0.1) is 4.83 Å². The van der Waals surface area contributed by atoms with Crippen LogP contribution in [0.3, 0.4) is 0 Å². The van der Waals surface area contributed by atoms with Crippen molar-refractivity contribution in [3.63, 3.8) is 0 Å². The highest BCUT2D eigenvalue weighted by molar-refractivity contribution is 7.89. The standard InChI is InChI=1S/C18H27N3O3S/c1-11(2)14-9-15(12(3)4)18(16(10-14)13(5)6)25(23,24)21-20-17(22)7-8-19/h9-13,21H,7H2,1-6H3,(H,20,22). The first kappa shape index (κ1) is 21.1. The maximum Gasteiger partial charge on any atom is 0.257 e. The first-order chi connectivity index (χ1) is 11.5. The van der Waals surface area contributed by atoms with Crippen molar-refractivity contribution in [2.24, 2.45) is 0 Å². The second-order valence-electron chi connectivity index (χ2n) is 6.98. The number of benzene rings is 1. The molecule has 1 aromatic carbocycles. The predicted octanol–water partition coefficient (Wildman–Crippen LogP) is 3.28. The molecule has 0 saturated carbocycles. The third-order valence-corrected chi connectivity index (χ3v) is 5.29. The molecule has 1 aromatic rings. The summed E-state index contributed by atoms with van der Waals surface area (Å²) in [4.78, 5) is 13.8. The summed E-state index contributed by atoms with van der Waals surface area (Å²) in [6.45, 7) is 11.9. The smallest absolute Gasteiger partial charge is 0.257 e. The van der Waals surface area contributed by atoms with Gasteiger partial charge in [0.1, 0.15) is 6.42 Å². The third kappa shape index (κ3) is 5.28. The van der Waals surface area contributed by atoms with E-state index in [1.54, 1.807) is 6.07 Å². The Hall–Kier alpha value is -1.91. The fourth-order valence-electron chi connectivity index (χ4n) is 2.49. The van der Waals surface area contributed by atoms with Crippen LogP contribution in [-0.2, 0) is 14.8 Å². The minimum Gasteiger partial charge on any atom is -0.277 e. The Morgan fingerprint density at radius 1 is 1.04 bits per heavy atom. The van der Waals surface area contributed by atoms with Crippen molar-refractivity contribution >= 4 is 15.9 Å².